The Morgan fingerprint density at radius 3 is 2.55 bits per heavy atom. The summed E-state index contributed by atoms with van der Waals surface area (Å²) in [5.41, 5.74) is 6.57. The summed E-state index contributed by atoms with van der Waals surface area (Å²) < 4.78 is 7.50. The molecule has 6 nitrogen and oxygen atoms in total. The number of nitrogens with zero attached hydrogens (tertiary/aromatic N) is 3. The average Bonchev–Trinajstić information content (AvgIpc) is 2.80. The number of ether oxygens (including phenoxy) is 1. The Kier molecular flexibility index (Phi) is 3.32. The normalized spacial score (nSPS) is 12.0. The molecule has 22 heavy (non-hydrogen) atoms. The lowest BCUT2D eigenvalue weighted by molar-refractivity contribution is 0.00726. The molecule has 0 bridgehead atoms. The molecule has 0 aliphatic heterocycles. The van der Waals surface area contributed by atoms with Crippen LogP contribution in [0.25, 0.3) is 16.3 Å². The van der Waals surface area contributed by atoms with Crippen molar-refractivity contribution in [2.45, 2.75) is 26.4 Å². The summed E-state index contributed by atoms with van der Waals surface area (Å²) in [6.07, 6.45) is 0. The van der Waals surface area contributed by atoms with Crippen molar-refractivity contribution >= 4 is 44.0 Å². The summed E-state index contributed by atoms with van der Waals surface area (Å²) in [5.74, 6) is -0.268. The zero-order valence-electron chi connectivity index (χ0n) is 12.4. The van der Waals surface area contributed by atoms with Gasteiger partial charge >= 0.3 is 5.97 Å². The third-order valence-corrected chi connectivity index (χ3v) is 3.70. The topological polar surface area (TPSA) is 82.5 Å². The van der Waals surface area contributed by atoms with Gasteiger partial charge in [0.1, 0.15) is 22.5 Å². The van der Waals surface area contributed by atoms with E-state index in [9.17, 15) is 4.79 Å². The number of nitrogens with two attached hydrogens (primary N) is 1. The van der Waals surface area contributed by atoms with Gasteiger partial charge in [-0.1, -0.05) is 29.5 Å². The van der Waals surface area contributed by atoms with Gasteiger partial charge in [0.05, 0.1) is 0 Å². The number of benzene rings is 1. The lowest BCUT2D eigenvalue weighted by atomic mass is 10.0. The molecule has 0 unspecified atom stereocenters. The van der Waals surface area contributed by atoms with Crippen molar-refractivity contribution in [1.29, 1.82) is 0 Å². The van der Waals surface area contributed by atoms with Gasteiger partial charge in [0.2, 0.25) is 0 Å². The minimum Gasteiger partial charge on any atom is -0.456 e. The van der Waals surface area contributed by atoms with E-state index in [2.05, 4.69) is 26.2 Å². The van der Waals surface area contributed by atoms with E-state index in [0.717, 1.165) is 10.9 Å². The zero-order valence-corrected chi connectivity index (χ0v) is 14.0. The number of carbonyl (C=O) groups excluding carboxylic acids is 1. The smallest absolute Gasteiger partial charge is 0.343 e. The predicted octanol–water partition coefficient (Wildman–Crippen LogP) is 3.18. The molecule has 0 atom stereocenters. The highest BCUT2D eigenvalue weighted by Crippen LogP contribution is 2.32. The summed E-state index contributed by atoms with van der Waals surface area (Å²) in [6.45, 7) is 5.44. The predicted molar refractivity (Wildman–Crippen MR) is 87.8 cm³/mol. The van der Waals surface area contributed by atoms with Crippen molar-refractivity contribution in [3.63, 3.8) is 0 Å². The largest absolute Gasteiger partial charge is 0.456 e. The number of nitrogen functional groups attached to an aromatic ring is 1. The van der Waals surface area contributed by atoms with Crippen LogP contribution in [0.1, 0.15) is 31.1 Å². The number of esters is 1. The van der Waals surface area contributed by atoms with E-state index in [1.54, 1.807) is 0 Å². The van der Waals surface area contributed by atoms with Gasteiger partial charge in [-0.2, -0.15) is 4.52 Å². The highest BCUT2D eigenvalue weighted by Gasteiger charge is 2.25. The molecule has 0 saturated heterocycles. The summed E-state index contributed by atoms with van der Waals surface area (Å²) in [4.78, 5) is 12.6. The van der Waals surface area contributed by atoms with Crippen LogP contribution in [0, 0.1) is 0 Å². The quantitative estimate of drug-likeness (QED) is 0.672. The van der Waals surface area contributed by atoms with Crippen molar-refractivity contribution in [3.05, 3.63) is 34.4 Å². The van der Waals surface area contributed by atoms with Crippen LogP contribution in [-0.2, 0) is 4.74 Å². The second-order valence-corrected chi connectivity index (χ2v) is 6.70. The number of fused-ring (bicyclic) bond motifs is 3. The lowest BCUT2D eigenvalue weighted by Gasteiger charge is -2.21. The van der Waals surface area contributed by atoms with Gasteiger partial charge in [-0.25, -0.2) is 4.79 Å². The zero-order chi connectivity index (χ0) is 16.1. The maximum Gasteiger partial charge on any atom is 0.343 e. The molecule has 114 valence electrons. The molecule has 0 aliphatic carbocycles. The van der Waals surface area contributed by atoms with Gasteiger partial charge in [-0.05, 0) is 36.7 Å². The Labute approximate surface area is 135 Å². The molecule has 0 fully saturated rings. The molecule has 2 aromatic heterocycles. The number of rotatable bonds is 1. The Morgan fingerprint density at radius 1 is 1.27 bits per heavy atom. The van der Waals surface area contributed by atoms with Crippen molar-refractivity contribution in [1.82, 2.24) is 14.8 Å². The van der Waals surface area contributed by atoms with Gasteiger partial charge in [0.25, 0.3) is 0 Å². The fraction of sp³-hybridized carbons (Fsp3) is 0.267. The number of hydrogen-bond donors (Lipinski definition) is 1. The van der Waals surface area contributed by atoms with Crippen LogP contribution in [0.15, 0.2) is 28.9 Å². The van der Waals surface area contributed by atoms with Crippen LogP contribution < -0.4 is 5.73 Å². The Balaban J connectivity index is 2.37. The molecular weight excluding hydrogens is 348 g/mol. The lowest BCUT2D eigenvalue weighted by Crippen LogP contribution is -2.25. The molecule has 3 rings (SSSR count). The third-order valence-electron chi connectivity index (χ3n) is 3.17. The van der Waals surface area contributed by atoms with Crippen LogP contribution in [0.3, 0.4) is 0 Å². The second kappa shape index (κ2) is 4.95. The minimum atomic E-state index is -0.609. The molecule has 2 heterocycles. The summed E-state index contributed by atoms with van der Waals surface area (Å²) in [5, 5.41) is 9.51. The molecule has 0 amide bonds. The van der Waals surface area contributed by atoms with Crippen LogP contribution in [0.4, 0.5) is 5.82 Å². The number of anilines is 1. The number of pyridine rings is 1. The summed E-state index contributed by atoms with van der Waals surface area (Å²) in [7, 11) is 0. The standard InChI is InChI=1S/C15H15BrN4O2/c1-15(2,3)22-14(21)10-8-6-4-5-7-9(8)11-12(16)18-19-20(11)13(10)17/h4-7H,17H2,1-3H3. The molecule has 7 heteroatoms. The maximum absolute atomic E-state index is 12.6. The van der Waals surface area contributed by atoms with E-state index in [1.165, 1.54) is 4.52 Å². The van der Waals surface area contributed by atoms with E-state index in [0.29, 0.717) is 15.6 Å². The van der Waals surface area contributed by atoms with Crippen LogP contribution in [-0.4, -0.2) is 26.4 Å². The van der Waals surface area contributed by atoms with Gasteiger partial charge in [-0.15, -0.1) is 5.10 Å². The number of halogens is 1. The minimum absolute atomic E-state index is 0.209. The highest BCUT2D eigenvalue weighted by atomic mass is 79.9. The number of carbonyl (C=O) groups is 1. The molecule has 0 aliphatic rings. The first-order chi connectivity index (χ1) is 10.3. The molecule has 3 aromatic rings. The van der Waals surface area contributed by atoms with Crippen LogP contribution in [0.5, 0.6) is 0 Å². The Hall–Kier alpha value is -2.15. The van der Waals surface area contributed by atoms with E-state index in [1.807, 2.05) is 45.0 Å². The summed E-state index contributed by atoms with van der Waals surface area (Å²) in [6, 6.07) is 7.47. The fourth-order valence-corrected chi connectivity index (χ4v) is 2.80. The van der Waals surface area contributed by atoms with E-state index in [-0.39, 0.29) is 5.82 Å². The maximum atomic E-state index is 12.6. The number of hydrogen-bond acceptors (Lipinski definition) is 5. The van der Waals surface area contributed by atoms with E-state index >= 15 is 0 Å². The summed E-state index contributed by atoms with van der Waals surface area (Å²) >= 11 is 3.37. The van der Waals surface area contributed by atoms with Crippen molar-refractivity contribution < 1.29 is 9.53 Å². The molecular formula is C15H15BrN4O2. The Bertz CT molecular complexity index is 896. The van der Waals surface area contributed by atoms with Gasteiger partial charge < -0.3 is 10.5 Å². The van der Waals surface area contributed by atoms with Crippen molar-refractivity contribution in [2.75, 3.05) is 5.73 Å². The highest BCUT2D eigenvalue weighted by molar-refractivity contribution is 9.10. The number of aromatic nitrogens is 3. The second-order valence-electron chi connectivity index (χ2n) is 5.95. The third kappa shape index (κ3) is 2.31. The van der Waals surface area contributed by atoms with Crippen LogP contribution >= 0.6 is 15.9 Å². The first-order valence-electron chi connectivity index (χ1n) is 6.74. The molecule has 0 spiro atoms. The van der Waals surface area contributed by atoms with Crippen molar-refractivity contribution in [3.8, 4) is 0 Å². The van der Waals surface area contributed by atoms with E-state index in [4.69, 9.17) is 10.5 Å². The van der Waals surface area contributed by atoms with E-state index < -0.39 is 11.6 Å². The molecule has 2 N–H and O–H groups in total. The van der Waals surface area contributed by atoms with Gasteiger partial charge in [-0.3, -0.25) is 0 Å². The molecule has 1 aromatic carbocycles. The first-order valence-corrected chi connectivity index (χ1v) is 7.53. The first kappa shape index (κ1) is 14.8. The average molecular weight is 363 g/mol. The monoisotopic (exact) mass is 362 g/mol. The van der Waals surface area contributed by atoms with Crippen molar-refractivity contribution in [2.24, 2.45) is 0 Å². The fourth-order valence-electron chi connectivity index (χ4n) is 2.35. The SMILES string of the molecule is CC(C)(C)OC(=O)c1c(N)n2nnc(Br)c2c2ccccc12. The molecule has 0 radical (unpaired) electrons. The molecule has 0 saturated carbocycles. The Morgan fingerprint density at radius 2 is 1.91 bits per heavy atom. The van der Waals surface area contributed by atoms with Gasteiger partial charge in [0.15, 0.2) is 4.60 Å². The van der Waals surface area contributed by atoms with Crippen LogP contribution in [0.2, 0.25) is 0 Å². The van der Waals surface area contributed by atoms with Gasteiger partial charge in [0, 0.05) is 10.8 Å².